The summed E-state index contributed by atoms with van der Waals surface area (Å²) in [7, 11) is 0. The highest BCUT2D eigenvalue weighted by atomic mass is 16.3. The summed E-state index contributed by atoms with van der Waals surface area (Å²) in [6, 6.07) is 0. The van der Waals surface area contributed by atoms with Crippen LogP contribution in [0.5, 0.6) is 0 Å². The van der Waals surface area contributed by atoms with Gasteiger partial charge in [-0.05, 0) is 73.0 Å². The van der Waals surface area contributed by atoms with Crippen LogP contribution in [0.2, 0.25) is 0 Å². The van der Waals surface area contributed by atoms with E-state index < -0.39 is 0 Å². The Kier molecular flexibility index (Phi) is 4.21. The summed E-state index contributed by atoms with van der Waals surface area (Å²) < 4.78 is 0. The van der Waals surface area contributed by atoms with Crippen LogP contribution < -0.4 is 11.1 Å². The molecule has 1 heterocycles. The topological polar surface area (TPSA) is 70.6 Å². The van der Waals surface area contributed by atoms with Crippen molar-refractivity contribution in [2.24, 2.45) is 50.1 Å². The molecule has 0 aromatic carbocycles. The number of fused-ring (bicyclic) bond motifs is 7. The zero-order chi connectivity index (χ0) is 21.7. The molecule has 4 N–H and O–H groups in total. The van der Waals surface area contributed by atoms with E-state index in [0.29, 0.717) is 29.1 Å². The van der Waals surface area contributed by atoms with Crippen LogP contribution in [-0.4, -0.2) is 29.3 Å². The molecule has 0 spiro atoms. The summed E-state index contributed by atoms with van der Waals surface area (Å²) in [5.74, 6) is 1.96. The third-order valence-corrected chi connectivity index (χ3v) is 11.4. The molecule has 1 unspecified atom stereocenters. The Labute approximate surface area is 183 Å². The van der Waals surface area contributed by atoms with Gasteiger partial charge in [-0.25, -0.2) is 0 Å². The van der Waals surface area contributed by atoms with Crippen LogP contribution in [0.1, 0.15) is 86.5 Å². The molecule has 168 valence electrons. The number of nitrogens with one attached hydrogen (secondary N) is 1. The first kappa shape index (κ1) is 20.8. The fourth-order valence-electron chi connectivity index (χ4n) is 9.59. The average Bonchev–Trinajstić information content (AvgIpc) is 2.62. The van der Waals surface area contributed by atoms with Crippen molar-refractivity contribution in [2.45, 2.75) is 98.1 Å². The van der Waals surface area contributed by atoms with E-state index in [9.17, 15) is 5.11 Å². The Hall–Kier alpha value is -1.03. The van der Waals surface area contributed by atoms with Crippen LogP contribution in [0.15, 0.2) is 16.6 Å². The molecule has 0 radical (unpaired) electrons. The molecule has 4 nitrogen and oxygen atoms in total. The molecule has 0 aromatic rings. The lowest BCUT2D eigenvalue weighted by Crippen LogP contribution is -2.71. The monoisotopic (exact) mass is 413 g/mol. The second-order valence-electron chi connectivity index (χ2n) is 13.1. The summed E-state index contributed by atoms with van der Waals surface area (Å²) >= 11 is 0. The van der Waals surface area contributed by atoms with Gasteiger partial charge in [0.1, 0.15) is 0 Å². The van der Waals surface area contributed by atoms with Crippen molar-refractivity contribution in [3.8, 4) is 0 Å². The molecule has 0 amide bonds. The van der Waals surface area contributed by atoms with Crippen molar-refractivity contribution in [2.75, 3.05) is 6.54 Å². The second kappa shape index (κ2) is 6.05. The van der Waals surface area contributed by atoms with Crippen LogP contribution >= 0.6 is 0 Å². The summed E-state index contributed by atoms with van der Waals surface area (Å²) in [6.45, 7) is 15.5. The zero-order valence-electron chi connectivity index (χ0n) is 20.0. The van der Waals surface area contributed by atoms with Crippen molar-refractivity contribution < 1.29 is 5.11 Å². The van der Waals surface area contributed by atoms with E-state index in [4.69, 9.17) is 5.73 Å². The highest BCUT2D eigenvalue weighted by Crippen LogP contribution is 2.72. The highest BCUT2D eigenvalue weighted by molar-refractivity contribution is 5.79. The number of nitrogens with zero attached hydrogens (tertiary/aromatic N) is 1. The van der Waals surface area contributed by atoms with E-state index in [1.807, 2.05) is 0 Å². The van der Waals surface area contributed by atoms with E-state index in [1.165, 1.54) is 25.7 Å². The Morgan fingerprint density at radius 2 is 1.77 bits per heavy atom. The molecule has 0 aromatic heterocycles. The van der Waals surface area contributed by atoms with Crippen LogP contribution in [0.3, 0.4) is 0 Å². The lowest BCUT2D eigenvalue weighted by Gasteiger charge is -2.70. The second-order valence-corrected chi connectivity index (χ2v) is 13.1. The predicted molar refractivity (Wildman–Crippen MR) is 123 cm³/mol. The molecule has 0 bridgehead atoms. The molecule has 4 heteroatoms. The van der Waals surface area contributed by atoms with Gasteiger partial charge in [0.25, 0.3) is 0 Å². The first-order valence-electron chi connectivity index (χ1n) is 12.3. The van der Waals surface area contributed by atoms with E-state index in [1.54, 1.807) is 5.57 Å². The largest absolute Gasteiger partial charge is 0.392 e. The van der Waals surface area contributed by atoms with Gasteiger partial charge in [-0.3, -0.25) is 4.99 Å². The molecule has 8 atom stereocenters. The van der Waals surface area contributed by atoms with Crippen molar-refractivity contribution in [3.05, 3.63) is 11.6 Å². The average molecular weight is 414 g/mol. The molecular formula is C26H43N3O. The third kappa shape index (κ3) is 2.40. The van der Waals surface area contributed by atoms with Crippen molar-refractivity contribution in [3.63, 3.8) is 0 Å². The maximum Gasteiger partial charge on any atom is 0.189 e. The minimum absolute atomic E-state index is 0.0202. The molecule has 3 saturated carbocycles. The van der Waals surface area contributed by atoms with Crippen LogP contribution in [-0.2, 0) is 0 Å². The number of aliphatic hydroxyl groups is 1. The molecule has 4 aliphatic carbocycles. The lowest BCUT2D eigenvalue weighted by molar-refractivity contribution is -0.167. The molecule has 5 aliphatic rings. The van der Waals surface area contributed by atoms with Gasteiger partial charge in [0.05, 0.1) is 6.10 Å². The highest BCUT2D eigenvalue weighted by Gasteiger charge is 2.68. The first-order chi connectivity index (χ1) is 13.9. The van der Waals surface area contributed by atoms with Crippen LogP contribution in [0.25, 0.3) is 0 Å². The fraction of sp³-hybridized carbons (Fsp3) is 0.885. The quantitative estimate of drug-likeness (QED) is 0.507. The van der Waals surface area contributed by atoms with Gasteiger partial charge in [0.2, 0.25) is 0 Å². The number of nitrogens with two attached hydrogens (primary N) is 1. The molecular weight excluding hydrogens is 370 g/mol. The van der Waals surface area contributed by atoms with Gasteiger partial charge >= 0.3 is 0 Å². The zero-order valence-corrected chi connectivity index (χ0v) is 20.0. The Balaban J connectivity index is 1.61. The number of hydrogen-bond donors (Lipinski definition) is 3. The van der Waals surface area contributed by atoms with Gasteiger partial charge in [-0.1, -0.05) is 52.7 Å². The van der Waals surface area contributed by atoms with Gasteiger partial charge < -0.3 is 16.2 Å². The number of guanidine groups is 1. The van der Waals surface area contributed by atoms with Crippen molar-refractivity contribution in [1.82, 2.24) is 5.32 Å². The fourth-order valence-corrected chi connectivity index (χ4v) is 9.59. The number of rotatable bonds is 0. The normalized spacial score (nSPS) is 54.4. The standard InChI is InChI=1S/C26H43N3O/c1-22(2)10-7-11-23(3)18(22)9-8-16-20(23)17(30)14-25(5)19-15-28-21(27)29-26(19,6)13-12-24(16,25)4/h8,17-20,30H,7,9-15H2,1-6H3,(H3,27,28,29)/t17-,18+,19-,20?,23+,24-,25-,26-/m1/s1. The maximum atomic E-state index is 11.8. The molecule has 1 aliphatic heterocycles. The number of aliphatic hydroxyl groups excluding tert-OH is 1. The Bertz CT molecular complexity index is 817. The number of hydrogen-bond acceptors (Lipinski definition) is 4. The molecule has 30 heavy (non-hydrogen) atoms. The molecule has 0 saturated heterocycles. The van der Waals surface area contributed by atoms with E-state index in [0.717, 1.165) is 25.8 Å². The third-order valence-electron chi connectivity index (χ3n) is 11.4. The smallest absolute Gasteiger partial charge is 0.189 e. The summed E-state index contributed by atoms with van der Waals surface area (Å²) in [5, 5.41) is 15.3. The van der Waals surface area contributed by atoms with Crippen molar-refractivity contribution >= 4 is 5.96 Å². The predicted octanol–water partition coefficient (Wildman–Crippen LogP) is 4.63. The van der Waals surface area contributed by atoms with E-state index >= 15 is 0 Å². The van der Waals surface area contributed by atoms with Crippen LogP contribution in [0, 0.1) is 39.4 Å². The Morgan fingerprint density at radius 3 is 2.50 bits per heavy atom. The number of aliphatic imine (C=N–C) groups is 1. The summed E-state index contributed by atoms with van der Waals surface area (Å²) in [6.07, 6.45) is 10.6. The first-order valence-corrected chi connectivity index (χ1v) is 12.3. The molecule has 5 rings (SSSR count). The van der Waals surface area contributed by atoms with Crippen LogP contribution in [0.4, 0.5) is 0 Å². The maximum absolute atomic E-state index is 11.8. The van der Waals surface area contributed by atoms with E-state index in [-0.39, 0.29) is 27.9 Å². The van der Waals surface area contributed by atoms with Gasteiger partial charge in [0, 0.05) is 23.9 Å². The Morgan fingerprint density at radius 1 is 1.03 bits per heavy atom. The lowest BCUT2D eigenvalue weighted by atomic mass is 9.36. The molecule has 3 fully saturated rings. The minimum Gasteiger partial charge on any atom is -0.392 e. The minimum atomic E-state index is -0.262. The van der Waals surface area contributed by atoms with Crippen molar-refractivity contribution in [1.29, 1.82) is 0 Å². The van der Waals surface area contributed by atoms with E-state index in [2.05, 4.69) is 57.9 Å². The summed E-state index contributed by atoms with van der Waals surface area (Å²) in [5.41, 5.74) is 8.38. The van der Waals surface area contributed by atoms with Gasteiger partial charge in [-0.2, -0.15) is 0 Å². The summed E-state index contributed by atoms with van der Waals surface area (Å²) in [4.78, 5) is 4.64. The SMILES string of the molecule is CC1(C)CCC[C@]2(C)C3C(=CC[C@@H]12)[C@@]1(C)CC[C@@]2(C)NC(N)=NC[C@@H]2[C@@]1(C)C[C@H]3O. The number of allylic oxidation sites excluding steroid dienone is 1. The van der Waals surface area contributed by atoms with Gasteiger partial charge in [0.15, 0.2) is 5.96 Å². The van der Waals surface area contributed by atoms with Gasteiger partial charge in [-0.15, -0.1) is 0 Å².